The lowest BCUT2D eigenvalue weighted by atomic mass is 9.41. The van der Waals surface area contributed by atoms with Gasteiger partial charge in [0.2, 0.25) is 0 Å². The van der Waals surface area contributed by atoms with E-state index >= 15 is 0 Å². The lowest BCUT2D eigenvalue weighted by molar-refractivity contribution is 0.0976. The first-order chi connectivity index (χ1) is 6.73. The maximum atomic E-state index is 2.47. The summed E-state index contributed by atoms with van der Waals surface area (Å²) < 4.78 is 0. The zero-order valence-electron chi connectivity index (χ0n) is 9.14. The molecule has 1 fully saturated rings. The molecule has 0 heteroatoms. The van der Waals surface area contributed by atoms with Gasteiger partial charge in [-0.15, -0.1) is 0 Å². The quantitative estimate of drug-likeness (QED) is 0.501. The molecular weight excluding hydrogens is 168 g/mol. The van der Waals surface area contributed by atoms with Crippen molar-refractivity contribution in [2.45, 2.75) is 39.5 Å². The first kappa shape index (κ1) is 8.52. The van der Waals surface area contributed by atoms with Gasteiger partial charge in [-0.1, -0.05) is 48.3 Å². The highest BCUT2D eigenvalue weighted by atomic mass is 14.6. The first-order valence-electron chi connectivity index (χ1n) is 5.78. The van der Waals surface area contributed by atoms with Gasteiger partial charge in [-0.2, -0.15) is 0 Å². The Balaban J connectivity index is 2.20. The van der Waals surface area contributed by atoms with Gasteiger partial charge in [0.1, 0.15) is 0 Å². The van der Waals surface area contributed by atoms with E-state index in [2.05, 4.69) is 38.2 Å². The molecule has 3 aliphatic rings. The van der Waals surface area contributed by atoms with E-state index in [0.717, 1.165) is 0 Å². The first-order valence-corrected chi connectivity index (χ1v) is 5.78. The van der Waals surface area contributed by atoms with E-state index in [0.29, 0.717) is 10.8 Å². The van der Waals surface area contributed by atoms with E-state index in [-0.39, 0.29) is 0 Å². The van der Waals surface area contributed by atoms with Crippen molar-refractivity contribution in [3.8, 4) is 0 Å². The predicted octanol–water partition coefficient (Wildman–Crippen LogP) is 4.01. The third kappa shape index (κ3) is 0.657. The predicted molar refractivity (Wildman–Crippen MR) is 60.0 cm³/mol. The molecule has 0 nitrogen and oxygen atoms in total. The molecule has 0 heterocycles. The Bertz CT molecular complexity index is 333. The van der Waals surface area contributed by atoms with E-state index in [4.69, 9.17) is 0 Å². The zero-order valence-corrected chi connectivity index (χ0v) is 9.14. The van der Waals surface area contributed by atoms with Crippen molar-refractivity contribution in [3.05, 3.63) is 35.5 Å². The van der Waals surface area contributed by atoms with Crippen LogP contribution < -0.4 is 0 Å². The highest BCUT2D eigenvalue weighted by Crippen LogP contribution is 2.69. The largest absolute Gasteiger partial charge is 0.0731 e. The van der Waals surface area contributed by atoms with Gasteiger partial charge >= 0.3 is 0 Å². The van der Waals surface area contributed by atoms with Crippen LogP contribution in [0.5, 0.6) is 0 Å². The topological polar surface area (TPSA) is 0 Å². The fourth-order valence-electron chi connectivity index (χ4n) is 4.06. The molecule has 0 bridgehead atoms. The molecule has 3 rings (SSSR count). The molecule has 74 valence electrons. The van der Waals surface area contributed by atoms with Gasteiger partial charge in [-0.25, -0.2) is 0 Å². The maximum Gasteiger partial charge on any atom is 0.0222 e. The minimum atomic E-state index is 0.435. The van der Waals surface area contributed by atoms with Gasteiger partial charge in [0.25, 0.3) is 0 Å². The van der Waals surface area contributed by atoms with Crippen LogP contribution in [0.3, 0.4) is 0 Å². The Kier molecular flexibility index (Phi) is 1.47. The molecule has 14 heavy (non-hydrogen) atoms. The molecule has 0 aromatic carbocycles. The lowest BCUT2D eigenvalue weighted by Crippen LogP contribution is -2.53. The van der Waals surface area contributed by atoms with Crippen molar-refractivity contribution in [3.63, 3.8) is 0 Å². The molecule has 0 aliphatic heterocycles. The molecule has 1 saturated carbocycles. The molecule has 0 amide bonds. The molecule has 0 radical (unpaired) electrons. The average Bonchev–Trinajstić information content (AvgIpc) is 2.26. The molecule has 0 aromatic rings. The van der Waals surface area contributed by atoms with Gasteiger partial charge in [-0.05, 0) is 26.7 Å². The summed E-state index contributed by atoms with van der Waals surface area (Å²) in [6.45, 7) is 4.67. The van der Waals surface area contributed by atoms with Gasteiger partial charge in [0, 0.05) is 10.8 Å². The van der Waals surface area contributed by atoms with Crippen molar-refractivity contribution in [1.29, 1.82) is 0 Å². The van der Waals surface area contributed by atoms with Crippen LogP contribution in [0.1, 0.15) is 39.5 Å². The van der Waals surface area contributed by atoms with E-state index in [1.807, 2.05) is 0 Å². The van der Waals surface area contributed by atoms with Crippen LogP contribution in [0, 0.1) is 10.8 Å². The lowest BCUT2D eigenvalue weighted by Gasteiger charge is -2.62. The van der Waals surface area contributed by atoms with Crippen LogP contribution in [0.15, 0.2) is 35.5 Å². The molecule has 0 aromatic heterocycles. The van der Waals surface area contributed by atoms with E-state index in [9.17, 15) is 0 Å². The van der Waals surface area contributed by atoms with E-state index < -0.39 is 0 Å². The van der Waals surface area contributed by atoms with Gasteiger partial charge in [-0.3, -0.25) is 0 Å². The average molecular weight is 186 g/mol. The smallest absolute Gasteiger partial charge is 0.0222 e. The van der Waals surface area contributed by atoms with Crippen molar-refractivity contribution in [2.75, 3.05) is 0 Å². The molecule has 2 atom stereocenters. The second-order valence-electron chi connectivity index (χ2n) is 5.12. The summed E-state index contributed by atoms with van der Waals surface area (Å²) in [5.74, 6) is 0. The summed E-state index contributed by atoms with van der Waals surface area (Å²) in [7, 11) is 0. The Hall–Kier alpha value is -0.780. The van der Waals surface area contributed by atoms with Crippen LogP contribution in [0.4, 0.5) is 0 Å². The van der Waals surface area contributed by atoms with Crippen LogP contribution in [-0.2, 0) is 0 Å². The minimum Gasteiger partial charge on any atom is -0.0731 e. The second kappa shape index (κ2) is 2.42. The SMILES string of the molecule is CC1=C(C)[C@]23C=CC=C[C@]12CCCC3. The molecule has 0 N–H and O–H groups in total. The zero-order chi connectivity index (χ0) is 9.81. The summed E-state index contributed by atoms with van der Waals surface area (Å²) >= 11 is 0. The maximum absolute atomic E-state index is 2.47. The third-order valence-electron chi connectivity index (χ3n) is 4.96. The van der Waals surface area contributed by atoms with Gasteiger partial charge in [0.15, 0.2) is 0 Å². The molecule has 0 saturated heterocycles. The fraction of sp³-hybridized carbons (Fsp3) is 0.571. The number of allylic oxidation sites excluding steroid dienone is 6. The highest BCUT2D eigenvalue weighted by Gasteiger charge is 2.59. The second-order valence-corrected chi connectivity index (χ2v) is 5.12. The summed E-state index contributed by atoms with van der Waals surface area (Å²) in [6, 6.07) is 0. The highest BCUT2D eigenvalue weighted by molar-refractivity contribution is 5.53. The summed E-state index contributed by atoms with van der Waals surface area (Å²) in [5.41, 5.74) is 4.17. The summed E-state index contributed by atoms with van der Waals surface area (Å²) in [4.78, 5) is 0. The number of hydrogen-bond acceptors (Lipinski definition) is 0. The summed E-state index contributed by atoms with van der Waals surface area (Å²) in [6.07, 6.45) is 15.0. The molecule has 0 spiro atoms. The minimum absolute atomic E-state index is 0.435. The van der Waals surface area contributed by atoms with Crippen LogP contribution in [0.25, 0.3) is 0 Å². The Labute approximate surface area is 86.4 Å². The monoisotopic (exact) mass is 186 g/mol. The van der Waals surface area contributed by atoms with Crippen molar-refractivity contribution in [1.82, 2.24) is 0 Å². The molecular formula is C14H18. The summed E-state index contributed by atoms with van der Waals surface area (Å²) in [5, 5.41) is 0. The van der Waals surface area contributed by atoms with Crippen molar-refractivity contribution < 1.29 is 0 Å². The van der Waals surface area contributed by atoms with Crippen LogP contribution >= 0.6 is 0 Å². The van der Waals surface area contributed by atoms with Crippen LogP contribution in [0.2, 0.25) is 0 Å². The van der Waals surface area contributed by atoms with Gasteiger partial charge < -0.3 is 0 Å². The van der Waals surface area contributed by atoms with Crippen molar-refractivity contribution in [2.24, 2.45) is 10.8 Å². The number of hydrogen-bond donors (Lipinski definition) is 0. The van der Waals surface area contributed by atoms with E-state index in [1.165, 1.54) is 25.7 Å². The number of rotatable bonds is 0. The Morgan fingerprint density at radius 3 is 1.71 bits per heavy atom. The van der Waals surface area contributed by atoms with Gasteiger partial charge in [0.05, 0.1) is 0 Å². The molecule has 3 aliphatic carbocycles. The van der Waals surface area contributed by atoms with Crippen LogP contribution in [-0.4, -0.2) is 0 Å². The standard InChI is InChI=1S/C14H18/c1-11-12(2)14-9-5-3-7-13(11,14)8-4-6-10-14/h3,5,7,9H,4,6,8,10H2,1-2H3/t13-,14+. The molecule has 0 unspecified atom stereocenters. The fourth-order valence-corrected chi connectivity index (χ4v) is 4.06. The Morgan fingerprint density at radius 2 is 1.29 bits per heavy atom. The normalized spacial score (nSPS) is 44.4. The Morgan fingerprint density at radius 1 is 0.857 bits per heavy atom. The van der Waals surface area contributed by atoms with Crippen molar-refractivity contribution >= 4 is 0 Å². The third-order valence-corrected chi connectivity index (χ3v) is 4.96. The van der Waals surface area contributed by atoms with E-state index in [1.54, 1.807) is 11.1 Å².